The molecule has 3 nitrogen and oxygen atoms in total. The maximum absolute atomic E-state index is 8.70. The maximum atomic E-state index is 8.70. The predicted molar refractivity (Wildman–Crippen MR) is 60.1 cm³/mol. The predicted octanol–water partition coefficient (Wildman–Crippen LogP) is 1.98. The molecule has 1 atom stereocenters. The highest BCUT2D eigenvalue weighted by atomic mass is 15.1. The standard InChI is InChI=1S/C12H17N3/c1-10-4-12(7-14-6-10)9-15(3)8-11(2)5-13/h4,6-7,11H,8-9H2,1-3H3. The minimum Gasteiger partial charge on any atom is -0.301 e. The summed E-state index contributed by atoms with van der Waals surface area (Å²) in [4.78, 5) is 6.29. The van der Waals surface area contributed by atoms with Crippen LogP contribution in [0.15, 0.2) is 18.5 Å². The first-order valence-corrected chi connectivity index (χ1v) is 5.10. The number of rotatable bonds is 4. The van der Waals surface area contributed by atoms with Gasteiger partial charge in [0.25, 0.3) is 0 Å². The quantitative estimate of drug-likeness (QED) is 0.751. The molecule has 0 aliphatic carbocycles. The third-order valence-corrected chi connectivity index (χ3v) is 2.19. The van der Waals surface area contributed by atoms with Crippen molar-refractivity contribution in [3.8, 4) is 6.07 Å². The molecule has 1 heterocycles. The zero-order chi connectivity index (χ0) is 11.3. The summed E-state index contributed by atoms with van der Waals surface area (Å²) >= 11 is 0. The summed E-state index contributed by atoms with van der Waals surface area (Å²) < 4.78 is 0. The lowest BCUT2D eigenvalue weighted by molar-refractivity contribution is 0.303. The average Bonchev–Trinajstić information content (AvgIpc) is 2.17. The fraction of sp³-hybridized carbons (Fsp3) is 0.500. The van der Waals surface area contributed by atoms with Gasteiger partial charge >= 0.3 is 0 Å². The minimum atomic E-state index is 0.0766. The van der Waals surface area contributed by atoms with E-state index >= 15 is 0 Å². The number of nitrogens with zero attached hydrogens (tertiary/aromatic N) is 3. The monoisotopic (exact) mass is 203 g/mol. The van der Waals surface area contributed by atoms with E-state index in [1.165, 1.54) is 11.1 Å². The first kappa shape index (κ1) is 11.7. The van der Waals surface area contributed by atoms with E-state index in [-0.39, 0.29) is 5.92 Å². The van der Waals surface area contributed by atoms with Crippen LogP contribution < -0.4 is 0 Å². The molecule has 0 saturated heterocycles. The third-order valence-electron chi connectivity index (χ3n) is 2.19. The molecule has 3 heteroatoms. The second-order valence-electron chi connectivity index (χ2n) is 4.10. The minimum absolute atomic E-state index is 0.0766. The van der Waals surface area contributed by atoms with E-state index in [0.717, 1.165) is 13.1 Å². The summed E-state index contributed by atoms with van der Waals surface area (Å²) in [6.45, 7) is 5.62. The Morgan fingerprint density at radius 1 is 1.53 bits per heavy atom. The van der Waals surface area contributed by atoms with Gasteiger partial charge in [-0.2, -0.15) is 5.26 Å². The van der Waals surface area contributed by atoms with E-state index in [1.54, 1.807) is 0 Å². The van der Waals surface area contributed by atoms with E-state index in [9.17, 15) is 0 Å². The summed E-state index contributed by atoms with van der Waals surface area (Å²) in [6, 6.07) is 4.36. The Bertz CT molecular complexity index is 354. The van der Waals surface area contributed by atoms with Gasteiger partial charge in [-0.3, -0.25) is 4.98 Å². The molecule has 1 aromatic heterocycles. The summed E-state index contributed by atoms with van der Waals surface area (Å²) in [6.07, 6.45) is 3.72. The zero-order valence-corrected chi connectivity index (χ0v) is 9.57. The molecular formula is C12H17N3. The van der Waals surface area contributed by atoms with Crippen molar-refractivity contribution in [1.82, 2.24) is 9.88 Å². The van der Waals surface area contributed by atoms with Gasteiger partial charge in [0.2, 0.25) is 0 Å². The van der Waals surface area contributed by atoms with Gasteiger partial charge in [-0.1, -0.05) is 6.07 Å². The molecule has 0 bridgehead atoms. The van der Waals surface area contributed by atoms with Gasteiger partial charge in [0, 0.05) is 25.5 Å². The van der Waals surface area contributed by atoms with Crippen molar-refractivity contribution in [1.29, 1.82) is 5.26 Å². The van der Waals surface area contributed by atoms with Crippen LogP contribution in [0.2, 0.25) is 0 Å². The van der Waals surface area contributed by atoms with E-state index in [2.05, 4.69) is 22.0 Å². The summed E-state index contributed by atoms with van der Waals surface area (Å²) in [5.41, 5.74) is 2.37. The normalized spacial score (nSPS) is 12.5. The van der Waals surface area contributed by atoms with Crippen molar-refractivity contribution >= 4 is 0 Å². The second kappa shape index (κ2) is 5.47. The van der Waals surface area contributed by atoms with Crippen molar-refractivity contribution in [2.45, 2.75) is 20.4 Å². The van der Waals surface area contributed by atoms with Crippen LogP contribution in [-0.4, -0.2) is 23.5 Å². The Morgan fingerprint density at radius 2 is 2.27 bits per heavy atom. The lowest BCUT2D eigenvalue weighted by Gasteiger charge is -2.17. The molecule has 80 valence electrons. The topological polar surface area (TPSA) is 39.9 Å². The van der Waals surface area contributed by atoms with E-state index < -0.39 is 0 Å². The third kappa shape index (κ3) is 4.09. The van der Waals surface area contributed by atoms with Gasteiger partial charge in [-0.25, -0.2) is 0 Å². The molecule has 0 spiro atoms. The highest BCUT2D eigenvalue weighted by Gasteiger charge is 2.05. The molecule has 0 saturated carbocycles. The van der Waals surface area contributed by atoms with Crippen molar-refractivity contribution in [2.75, 3.05) is 13.6 Å². The highest BCUT2D eigenvalue weighted by molar-refractivity contribution is 5.16. The summed E-state index contributed by atoms with van der Waals surface area (Å²) in [5.74, 6) is 0.0766. The van der Waals surface area contributed by atoms with Crippen LogP contribution >= 0.6 is 0 Å². The molecule has 0 radical (unpaired) electrons. The molecular weight excluding hydrogens is 186 g/mol. The van der Waals surface area contributed by atoms with Crippen LogP contribution in [0.4, 0.5) is 0 Å². The molecule has 0 aliphatic heterocycles. The SMILES string of the molecule is Cc1cncc(CN(C)CC(C)C#N)c1. The van der Waals surface area contributed by atoms with Crippen molar-refractivity contribution in [3.63, 3.8) is 0 Å². The number of hydrogen-bond donors (Lipinski definition) is 0. The Kier molecular flexibility index (Phi) is 4.26. The zero-order valence-electron chi connectivity index (χ0n) is 9.57. The van der Waals surface area contributed by atoms with Crippen molar-refractivity contribution in [2.24, 2.45) is 5.92 Å². The van der Waals surface area contributed by atoms with Crippen LogP contribution in [0.25, 0.3) is 0 Å². The molecule has 0 aliphatic rings. The van der Waals surface area contributed by atoms with Crippen LogP contribution in [-0.2, 0) is 6.54 Å². The number of aromatic nitrogens is 1. The molecule has 15 heavy (non-hydrogen) atoms. The molecule has 1 rings (SSSR count). The lowest BCUT2D eigenvalue weighted by Crippen LogP contribution is -2.23. The molecule has 1 unspecified atom stereocenters. The average molecular weight is 203 g/mol. The van der Waals surface area contributed by atoms with Crippen LogP contribution in [0, 0.1) is 24.2 Å². The first-order chi connectivity index (χ1) is 7.11. The largest absolute Gasteiger partial charge is 0.301 e. The van der Waals surface area contributed by atoms with Crippen LogP contribution in [0.5, 0.6) is 0 Å². The van der Waals surface area contributed by atoms with Crippen molar-refractivity contribution in [3.05, 3.63) is 29.6 Å². The Balaban J connectivity index is 2.52. The number of pyridine rings is 1. The lowest BCUT2D eigenvalue weighted by atomic mass is 10.1. The van der Waals surface area contributed by atoms with E-state index in [1.807, 2.05) is 33.3 Å². The van der Waals surface area contributed by atoms with Crippen LogP contribution in [0.3, 0.4) is 0 Å². The number of hydrogen-bond acceptors (Lipinski definition) is 3. The van der Waals surface area contributed by atoms with Crippen molar-refractivity contribution < 1.29 is 0 Å². The smallest absolute Gasteiger partial charge is 0.0666 e. The summed E-state index contributed by atoms with van der Waals surface area (Å²) in [7, 11) is 2.02. The van der Waals surface area contributed by atoms with Gasteiger partial charge in [0.05, 0.1) is 12.0 Å². The highest BCUT2D eigenvalue weighted by Crippen LogP contribution is 2.06. The molecule has 1 aromatic rings. The fourth-order valence-electron chi connectivity index (χ4n) is 1.59. The number of nitriles is 1. The molecule has 0 N–H and O–H groups in total. The van der Waals surface area contributed by atoms with Gasteiger partial charge < -0.3 is 4.90 Å². The number of aryl methyl sites for hydroxylation is 1. The van der Waals surface area contributed by atoms with Gasteiger partial charge in [-0.05, 0) is 32.0 Å². The van der Waals surface area contributed by atoms with E-state index in [4.69, 9.17) is 5.26 Å². The van der Waals surface area contributed by atoms with Gasteiger partial charge in [0.1, 0.15) is 0 Å². The van der Waals surface area contributed by atoms with Gasteiger partial charge in [-0.15, -0.1) is 0 Å². The van der Waals surface area contributed by atoms with E-state index in [0.29, 0.717) is 0 Å². The summed E-state index contributed by atoms with van der Waals surface area (Å²) in [5, 5.41) is 8.70. The van der Waals surface area contributed by atoms with Gasteiger partial charge in [0.15, 0.2) is 0 Å². The van der Waals surface area contributed by atoms with Crippen LogP contribution in [0.1, 0.15) is 18.1 Å². The first-order valence-electron chi connectivity index (χ1n) is 5.10. The maximum Gasteiger partial charge on any atom is 0.0666 e. The fourth-order valence-corrected chi connectivity index (χ4v) is 1.59. The Hall–Kier alpha value is -1.40. The molecule has 0 fully saturated rings. The molecule has 0 amide bonds. The molecule has 0 aromatic carbocycles. The second-order valence-corrected chi connectivity index (χ2v) is 4.10. The Morgan fingerprint density at radius 3 is 2.87 bits per heavy atom. The Labute approximate surface area is 91.4 Å².